The van der Waals surface area contributed by atoms with E-state index < -0.39 is 15.1 Å². The molecule has 0 aliphatic carbocycles. The lowest BCUT2D eigenvalue weighted by Gasteiger charge is -2.26. The summed E-state index contributed by atoms with van der Waals surface area (Å²) in [6, 6.07) is 4.88. The van der Waals surface area contributed by atoms with E-state index in [1.165, 1.54) is 6.07 Å². The van der Waals surface area contributed by atoms with Crippen molar-refractivity contribution >= 4 is 21.4 Å². The number of halogens is 1. The normalized spacial score (nSPS) is 16.6. The van der Waals surface area contributed by atoms with Gasteiger partial charge in [-0.3, -0.25) is 0 Å². The molecule has 5 nitrogen and oxygen atoms in total. The Bertz CT molecular complexity index is 528. The minimum Gasteiger partial charge on any atom is -0.379 e. The van der Waals surface area contributed by atoms with Gasteiger partial charge in [0.05, 0.1) is 29.7 Å². The lowest BCUT2D eigenvalue weighted by molar-refractivity contribution is 0.0416. The lowest BCUT2D eigenvalue weighted by Crippen LogP contribution is -2.40. The molecule has 7 heteroatoms. The second-order valence-electron chi connectivity index (χ2n) is 4.09. The van der Waals surface area contributed by atoms with Gasteiger partial charge in [0.15, 0.2) is 9.84 Å². The molecule has 100 valence electrons. The first-order chi connectivity index (χ1) is 8.55. The number of hydrogen-bond acceptors (Lipinski definition) is 5. The van der Waals surface area contributed by atoms with Crippen LogP contribution >= 0.6 is 11.6 Å². The molecule has 2 N–H and O–H groups in total. The summed E-state index contributed by atoms with van der Waals surface area (Å²) in [5.74, 6) is 4.94. The Kier molecular flexibility index (Phi) is 4.24. The van der Waals surface area contributed by atoms with Crippen molar-refractivity contribution in [1.29, 1.82) is 0 Å². The number of sulfone groups is 1. The maximum atomic E-state index is 12.2. The van der Waals surface area contributed by atoms with Gasteiger partial charge in [0, 0.05) is 0 Å². The van der Waals surface area contributed by atoms with E-state index in [4.69, 9.17) is 22.2 Å². The van der Waals surface area contributed by atoms with Crippen LogP contribution in [0, 0.1) is 0 Å². The van der Waals surface area contributed by atoms with Crippen LogP contribution < -0.4 is 5.90 Å². The van der Waals surface area contributed by atoms with Gasteiger partial charge in [-0.05, 0) is 24.1 Å². The molecule has 1 saturated heterocycles. The molecule has 0 amide bonds. The van der Waals surface area contributed by atoms with Crippen molar-refractivity contribution in [3.05, 3.63) is 28.8 Å². The molecule has 1 aromatic rings. The Morgan fingerprint density at radius 3 is 2.67 bits per heavy atom. The molecule has 1 aliphatic heterocycles. The lowest BCUT2D eigenvalue weighted by atomic mass is 10.2. The number of rotatable bonds is 5. The molecule has 0 bridgehead atoms. The van der Waals surface area contributed by atoms with Gasteiger partial charge in [-0.15, -0.1) is 0 Å². The molecule has 0 saturated carbocycles. The average molecular weight is 292 g/mol. The predicted molar refractivity (Wildman–Crippen MR) is 67.1 cm³/mol. The van der Waals surface area contributed by atoms with Crippen molar-refractivity contribution in [3.63, 3.8) is 0 Å². The summed E-state index contributed by atoms with van der Waals surface area (Å²) in [6.45, 7) is 0.835. The summed E-state index contributed by atoms with van der Waals surface area (Å²) in [5, 5.41) is -0.246. The Hall–Kier alpha value is -0.660. The fraction of sp³-hybridized carbons (Fsp3) is 0.455. The highest BCUT2D eigenvalue weighted by Gasteiger charge is 2.35. The molecule has 0 spiro atoms. The summed E-state index contributed by atoms with van der Waals surface area (Å²) in [7, 11) is -3.38. The van der Waals surface area contributed by atoms with Crippen LogP contribution in [-0.2, 0) is 25.8 Å². The zero-order chi connectivity index (χ0) is 13.2. The van der Waals surface area contributed by atoms with Crippen molar-refractivity contribution in [3.8, 4) is 0 Å². The zero-order valence-corrected chi connectivity index (χ0v) is 11.2. The fourth-order valence-corrected chi connectivity index (χ4v) is 3.70. The van der Waals surface area contributed by atoms with Crippen molar-refractivity contribution in [2.75, 3.05) is 19.8 Å². The van der Waals surface area contributed by atoms with E-state index in [-0.39, 0.29) is 23.1 Å². The molecule has 18 heavy (non-hydrogen) atoms. The van der Waals surface area contributed by atoms with Crippen LogP contribution in [0.4, 0.5) is 0 Å². The second kappa shape index (κ2) is 5.54. The quantitative estimate of drug-likeness (QED) is 0.817. The first kappa shape index (κ1) is 13.8. The minimum atomic E-state index is -3.38. The standard InChI is InChI=1S/C11H14ClNO4S/c12-10-5-8(3-4-17-13)1-2-11(10)18(14,15)9-6-16-7-9/h1-2,5,9H,3-4,6-7,13H2. The first-order valence-electron chi connectivity index (χ1n) is 5.47. The van der Waals surface area contributed by atoms with Crippen molar-refractivity contribution in [1.82, 2.24) is 0 Å². The molecule has 1 fully saturated rings. The largest absolute Gasteiger partial charge is 0.379 e. The van der Waals surface area contributed by atoms with Crippen LogP contribution in [0.15, 0.2) is 23.1 Å². The van der Waals surface area contributed by atoms with E-state index >= 15 is 0 Å². The van der Waals surface area contributed by atoms with Crippen molar-refractivity contribution in [2.45, 2.75) is 16.6 Å². The molecule has 1 aliphatic rings. The highest BCUT2D eigenvalue weighted by molar-refractivity contribution is 7.92. The van der Waals surface area contributed by atoms with Crippen LogP contribution in [0.1, 0.15) is 5.56 Å². The third kappa shape index (κ3) is 2.67. The number of nitrogens with two attached hydrogens (primary N) is 1. The monoisotopic (exact) mass is 291 g/mol. The van der Waals surface area contributed by atoms with Gasteiger partial charge in [-0.25, -0.2) is 14.3 Å². The molecule has 1 aromatic carbocycles. The topological polar surface area (TPSA) is 78.6 Å². The minimum absolute atomic E-state index is 0.162. The maximum Gasteiger partial charge on any atom is 0.187 e. The van der Waals surface area contributed by atoms with E-state index in [1.807, 2.05) is 0 Å². The molecule has 2 rings (SSSR count). The van der Waals surface area contributed by atoms with Gasteiger partial charge in [-0.1, -0.05) is 17.7 Å². The van der Waals surface area contributed by atoms with Gasteiger partial charge in [0.25, 0.3) is 0 Å². The summed E-state index contributed by atoms with van der Waals surface area (Å²) in [4.78, 5) is 4.63. The summed E-state index contributed by atoms with van der Waals surface area (Å²) >= 11 is 6.03. The van der Waals surface area contributed by atoms with E-state index in [0.29, 0.717) is 13.0 Å². The van der Waals surface area contributed by atoms with Crippen LogP contribution in [0.2, 0.25) is 5.02 Å². The molecule has 0 atom stereocenters. The SMILES string of the molecule is NOCCc1ccc(S(=O)(=O)C2COC2)c(Cl)c1. The van der Waals surface area contributed by atoms with Gasteiger partial charge < -0.3 is 9.57 Å². The second-order valence-corrected chi connectivity index (χ2v) is 6.69. The zero-order valence-electron chi connectivity index (χ0n) is 9.63. The molecular formula is C11H14ClNO4S. The average Bonchev–Trinajstić information content (AvgIpc) is 2.22. The Labute approximate surface area is 111 Å². The molecule has 1 heterocycles. The fourth-order valence-electron chi connectivity index (χ4n) is 1.68. The van der Waals surface area contributed by atoms with Crippen LogP contribution in [0.5, 0.6) is 0 Å². The highest BCUT2D eigenvalue weighted by atomic mass is 35.5. The van der Waals surface area contributed by atoms with Gasteiger partial charge in [0.2, 0.25) is 0 Å². The number of ether oxygens (including phenoxy) is 1. The Morgan fingerprint density at radius 2 is 2.17 bits per heavy atom. The van der Waals surface area contributed by atoms with Gasteiger partial charge in [-0.2, -0.15) is 0 Å². The van der Waals surface area contributed by atoms with Crippen LogP contribution in [-0.4, -0.2) is 33.5 Å². The van der Waals surface area contributed by atoms with Gasteiger partial charge in [0.1, 0.15) is 5.25 Å². The maximum absolute atomic E-state index is 12.2. The Balaban J connectivity index is 2.24. The van der Waals surface area contributed by atoms with Crippen LogP contribution in [0.25, 0.3) is 0 Å². The number of hydrogen-bond donors (Lipinski definition) is 1. The van der Waals surface area contributed by atoms with Crippen molar-refractivity contribution in [2.24, 2.45) is 5.90 Å². The third-order valence-electron chi connectivity index (χ3n) is 2.86. The summed E-state index contributed by atoms with van der Waals surface area (Å²) < 4.78 is 29.2. The molecule has 0 radical (unpaired) electrons. The predicted octanol–water partition coefficient (Wildman–Crippen LogP) is 0.945. The van der Waals surface area contributed by atoms with E-state index in [2.05, 4.69) is 4.84 Å². The summed E-state index contributed by atoms with van der Waals surface area (Å²) in [6.07, 6.45) is 0.586. The molecule has 0 unspecified atom stereocenters. The van der Waals surface area contributed by atoms with E-state index in [1.54, 1.807) is 12.1 Å². The van der Waals surface area contributed by atoms with Crippen molar-refractivity contribution < 1.29 is 18.0 Å². The first-order valence-corrected chi connectivity index (χ1v) is 7.40. The number of benzene rings is 1. The van der Waals surface area contributed by atoms with E-state index in [0.717, 1.165) is 5.56 Å². The van der Waals surface area contributed by atoms with E-state index in [9.17, 15) is 8.42 Å². The molecular weight excluding hydrogens is 278 g/mol. The molecule has 0 aromatic heterocycles. The van der Waals surface area contributed by atoms with Crippen LogP contribution in [0.3, 0.4) is 0 Å². The Morgan fingerprint density at radius 1 is 1.44 bits per heavy atom. The smallest absolute Gasteiger partial charge is 0.187 e. The van der Waals surface area contributed by atoms with Gasteiger partial charge >= 0.3 is 0 Å². The third-order valence-corrected chi connectivity index (χ3v) is 5.40. The highest BCUT2D eigenvalue weighted by Crippen LogP contribution is 2.28. The summed E-state index contributed by atoms with van der Waals surface area (Å²) in [5.41, 5.74) is 0.884.